The molecule has 0 aliphatic rings. The molecule has 106 valence electrons. The fourth-order valence-electron chi connectivity index (χ4n) is 2.14. The molecular formula is C16H21N3O. The van der Waals surface area contributed by atoms with Crippen LogP contribution in [0.3, 0.4) is 0 Å². The quantitative estimate of drug-likeness (QED) is 0.928. The van der Waals surface area contributed by atoms with Crippen LogP contribution in [0.4, 0.5) is 0 Å². The van der Waals surface area contributed by atoms with Gasteiger partial charge in [0.2, 0.25) is 5.43 Å². The van der Waals surface area contributed by atoms with E-state index in [0.717, 1.165) is 23.5 Å². The Morgan fingerprint density at radius 1 is 1.20 bits per heavy atom. The molecule has 1 aromatic heterocycles. The lowest BCUT2D eigenvalue weighted by molar-refractivity contribution is 0.665. The average Bonchev–Trinajstić information content (AvgIpc) is 2.41. The van der Waals surface area contributed by atoms with E-state index in [1.165, 1.54) is 5.56 Å². The van der Waals surface area contributed by atoms with E-state index in [-0.39, 0.29) is 5.43 Å². The zero-order valence-electron chi connectivity index (χ0n) is 12.5. The van der Waals surface area contributed by atoms with Gasteiger partial charge in [0.25, 0.3) is 0 Å². The number of hydrogen-bond acceptors (Lipinski definition) is 3. The zero-order valence-corrected chi connectivity index (χ0v) is 12.5. The van der Waals surface area contributed by atoms with Crippen LogP contribution in [0.5, 0.6) is 0 Å². The molecule has 0 bridgehead atoms. The highest BCUT2D eigenvalue weighted by Gasteiger charge is 2.09. The number of hydrogen-bond donors (Lipinski definition) is 1. The van der Waals surface area contributed by atoms with Crippen LogP contribution >= 0.6 is 0 Å². The molecule has 1 aromatic carbocycles. The molecule has 0 saturated heterocycles. The predicted octanol–water partition coefficient (Wildman–Crippen LogP) is 2.27. The molecule has 0 aliphatic heterocycles. The first-order valence-corrected chi connectivity index (χ1v) is 6.91. The van der Waals surface area contributed by atoms with E-state index in [1.54, 1.807) is 6.07 Å². The molecule has 0 unspecified atom stereocenters. The van der Waals surface area contributed by atoms with E-state index in [4.69, 9.17) is 0 Å². The molecule has 0 amide bonds. The molecule has 0 fully saturated rings. The average molecular weight is 271 g/mol. The van der Waals surface area contributed by atoms with Crippen LogP contribution in [0.1, 0.15) is 29.4 Å². The summed E-state index contributed by atoms with van der Waals surface area (Å²) < 4.78 is 1.86. The highest BCUT2D eigenvalue weighted by molar-refractivity contribution is 5.43. The topological polar surface area (TPSA) is 46.9 Å². The molecule has 0 aliphatic carbocycles. The maximum atomic E-state index is 12.0. The summed E-state index contributed by atoms with van der Waals surface area (Å²) in [4.78, 5) is 12.0. The van der Waals surface area contributed by atoms with Crippen molar-refractivity contribution in [2.45, 2.75) is 34.2 Å². The highest BCUT2D eigenvalue weighted by atomic mass is 16.1. The maximum Gasteiger partial charge on any atom is 0.204 e. The minimum Gasteiger partial charge on any atom is -0.311 e. The van der Waals surface area contributed by atoms with Crippen molar-refractivity contribution in [3.8, 4) is 5.69 Å². The molecule has 0 saturated carbocycles. The van der Waals surface area contributed by atoms with Gasteiger partial charge in [-0.3, -0.25) is 4.79 Å². The van der Waals surface area contributed by atoms with E-state index in [9.17, 15) is 4.79 Å². The van der Waals surface area contributed by atoms with Gasteiger partial charge in [0.05, 0.1) is 5.69 Å². The summed E-state index contributed by atoms with van der Waals surface area (Å²) >= 11 is 0. The monoisotopic (exact) mass is 271 g/mol. The number of nitrogens with zero attached hydrogens (tertiary/aromatic N) is 2. The van der Waals surface area contributed by atoms with Crippen molar-refractivity contribution in [1.29, 1.82) is 0 Å². The van der Waals surface area contributed by atoms with Gasteiger partial charge in [0.15, 0.2) is 0 Å². The number of rotatable bonds is 4. The van der Waals surface area contributed by atoms with Crippen LogP contribution in [0.2, 0.25) is 0 Å². The van der Waals surface area contributed by atoms with Crippen LogP contribution < -0.4 is 10.7 Å². The molecular weight excluding hydrogens is 250 g/mol. The molecule has 1 heterocycles. The highest BCUT2D eigenvalue weighted by Crippen LogP contribution is 2.16. The van der Waals surface area contributed by atoms with Gasteiger partial charge in [0.1, 0.15) is 5.69 Å². The minimum atomic E-state index is -0.00925. The maximum absolute atomic E-state index is 12.0. The molecule has 0 atom stereocenters. The molecule has 0 radical (unpaired) electrons. The van der Waals surface area contributed by atoms with E-state index >= 15 is 0 Å². The second kappa shape index (κ2) is 6.01. The lowest BCUT2D eigenvalue weighted by Gasteiger charge is -2.14. The first-order valence-electron chi connectivity index (χ1n) is 6.91. The second-order valence-corrected chi connectivity index (χ2v) is 5.08. The smallest absolute Gasteiger partial charge is 0.204 e. The van der Waals surface area contributed by atoms with Gasteiger partial charge in [0, 0.05) is 18.3 Å². The van der Waals surface area contributed by atoms with Crippen molar-refractivity contribution >= 4 is 0 Å². The number of aromatic nitrogens is 2. The molecule has 4 heteroatoms. The van der Waals surface area contributed by atoms with Gasteiger partial charge in [-0.25, -0.2) is 4.68 Å². The largest absolute Gasteiger partial charge is 0.311 e. The third-order valence-electron chi connectivity index (χ3n) is 3.31. The first-order chi connectivity index (χ1) is 9.52. The van der Waals surface area contributed by atoms with Gasteiger partial charge in [-0.05, 0) is 44.5 Å². The summed E-state index contributed by atoms with van der Waals surface area (Å²) in [6, 6.07) is 7.91. The lowest BCUT2D eigenvalue weighted by Crippen LogP contribution is -2.24. The lowest BCUT2D eigenvalue weighted by atomic mass is 10.1. The second-order valence-electron chi connectivity index (χ2n) is 5.08. The Labute approximate surface area is 119 Å². The Kier molecular flexibility index (Phi) is 4.35. The van der Waals surface area contributed by atoms with Gasteiger partial charge in [-0.1, -0.05) is 19.1 Å². The Hall–Kier alpha value is -1.94. The number of nitrogens with one attached hydrogen (secondary N) is 1. The summed E-state index contributed by atoms with van der Waals surface area (Å²) in [5, 5.41) is 7.68. The van der Waals surface area contributed by atoms with Crippen molar-refractivity contribution in [1.82, 2.24) is 15.1 Å². The summed E-state index contributed by atoms with van der Waals surface area (Å²) in [5.74, 6) is 0. The van der Waals surface area contributed by atoms with E-state index in [1.807, 2.05) is 18.5 Å². The Balaban J connectivity index is 2.55. The number of benzene rings is 1. The Bertz CT molecular complexity index is 674. The Morgan fingerprint density at radius 3 is 2.65 bits per heavy atom. The van der Waals surface area contributed by atoms with Crippen LogP contribution in [0.25, 0.3) is 5.69 Å². The van der Waals surface area contributed by atoms with E-state index in [0.29, 0.717) is 12.2 Å². The predicted molar refractivity (Wildman–Crippen MR) is 81.4 cm³/mol. The van der Waals surface area contributed by atoms with Gasteiger partial charge in [-0.2, -0.15) is 5.10 Å². The standard InChI is InChI=1S/C16H21N3O/c1-5-17-10-14-16(20)9-13(4)19(18-14)15-8-11(2)6-7-12(15)3/h6-9,17H,5,10H2,1-4H3. The van der Waals surface area contributed by atoms with Crippen LogP contribution in [0.15, 0.2) is 29.1 Å². The zero-order chi connectivity index (χ0) is 14.7. The summed E-state index contributed by atoms with van der Waals surface area (Å²) in [5.41, 5.74) is 4.75. The molecule has 20 heavy (non-hydrogen) atoms. The van der Waals surface area contributed by atoms with E-state index < -0.39 is 0 Å². The molecule has 0 spiro atoms. The molecule has 1 N–H and O–H groups in total. The van der Waals surface area contributed by atoms with Crippen molar-refractivity contribution in [3.63, 3.8) is 0 Å². The van der Waals surface area contributed by atoms with Crippen LogP contribution in [-0.2, 0) is 6.54 Å². The third-order valence-corrected chi connectivity index (χ3v) is 3.31. The normalized spacial score (nSPS) is 10.8. The van der Waals surface area contributed by atoms with Crippen LogP contribution in [-0.4, -0.2) is 16.3 Å². The molecule has 4 nitrogen and oxygen atoms in total. The molecule has 2 aromatic rings. The van der Waals surface area contributed by atoms with Crippen molar-refractivity contribution < 1.29 is 0 Å². The third kappa shape index (κ3) is 2.96. The summed E-state index contributed by atoms with van der Waals surface area (Å²) in [7, 11) is 0. The van der Waals surface area contributed by atoms with Crippen molar-refractivity contribution in [2.75, 3.05) is 6.54 Å². The molecule has 2 rings (SSSR count). The Morgan fingerprint density at radius 2 is 1.95 bits per heavy atom. The van der Waals surface area contributed by atoms with Crippen molar-refractivity contribution in [3.05, 3.63) is 57.0 Å². The summed E-state index contributed by atoms with van der Waals surface area (Å²) in [6.45, 7) is 9.35. The van der Waals surface area contributed by atoms with Gasteiger partial charge < -0.3 is 5.32 Å². The summed E-state index contributed by atoms with van der Waals surface area (Å²) in [6.07, 6.45) is 0. The first kappa shape index (κ1) is 14.5. The minimum absolute atomic E-state index is 0.00925. The fourth-order valence-corrected chi connectivity index (χ4v) is 2.14. The fraction of sp³-hybridized carbons (Fsp3) is 0.375. The van der Waals surface area contributed by atoms with Gasteiger partial charge >= 0.3 is 0 Å². The number of aryl methyl sites for hydroxylation is 3. The SMILES string of the molecule is CCNCc1nn(-c2cc(C)ccc2C)c(C)cc1=O. The van der Waals surface area contributed by atoms with Crippen LogP contribution in [0, 0.1) is 20.8 Å². The van der Waals surface area contributed by atoms with Gasteiger partial charge in [-0.15, -0.1) is 0 Å². The van der Waals surface area contributed by atoms with E-state index in [2.05, 4.69) is 42.5 Å². The van der Waals surface area contributed by atoms with Crippen molar-refractivity contribution in [2.24, 2.45) is 0 Å².